The third-order valence-electron chi connectivity index (χ3n) is 3.04. The van der Waals surface area contributed by atoms with Crippen molar-refractivity contribution in [2.45, 2.75) is 16.6 Å². The lowest BCUT2D eigenvalue weighted by Gasteiger charge is -2.21. The summed E-state index contributed by atoms with van der Waals surface area (Å²) in [5.41, 5.74) is 2.55. The van der Waals surface area contributed by atoms with Crippen molar-refractivity contribution in [1.29, 1.82) is 0 Å². The molecule has 2 rings (SSSR count). The van der Waals surface area contributed by atoms with Gasteiger partial charge in [0.25, 0.3) is 0 Å². The van der Waals surface area contributed by atoms with Crippen LogP contribution in [0.2, 0.25) is 0 Å². The van der Waals surface area contributed by atoms with Crippen molar-refractivity contribution >= 4 is 40.9 Å². The molecule has 1 amide bonds. The number of halogens is 3. The molecule has 0 radical (unpaired) electrons. The minimum atomic E-state index is -1.57. The van der Waals surface area contributed by atoms with Crippen molar-refractivity contribution < 1.29 is 9.53 Å². The normalized spacial score (nSPS) is 15.6. The summed E-state index contributed by atoms with van der Waals surface area (Å²) in [4.78, 5) is 13.5. The van der Waals surface area contributed by atoms with Gasteiger partial charge < -0.3 is 9.64 Å². The largest absolute Gasteiger partial charge is 0.445 e. The molecule has 0 bridgehead atoms. The summed E-state index contributed by atoms with van der Waals surface area (Å²) >= 11 is 16.7. The zero-order valence-corrected chi connectivity index (χ0v) is 12.5. The van der Waals surface area contributed by atoms with Crippen molar-refractivity contribution in [3.8, 4) is 0 Å². The van der Waals surface area contributed by atoms with Crippen LogP contribution >= 0.6 is 34.8 Å². The van der Waals surface area contributed by atoms with Crippen LogP contribution in [0.4, 0.5) is 4.79 Å². The number of ether oxygens (including phenoxy) is 1. The first kappa shape index (κ1) is 14.8. The van der Waals surface area contributed by atoms with Gasteiger partial charge in [-0.15, -0.1) is 0 Å². The first-order valence-electron chi connectivity index (χ1n) is 6.01. The van der Waals surface area contributed by atoms with Gasteiger partial charge in [0.05, 0.1) is 0 Å². The standard InChI is InChI=1S/C13H14Cl3NO2/c14-13(15,16)9-19-12(18)17-7-5-10-3-1-2-4-11(10)6-8-17/h1-4H,5-9H2. The third-order valence-corrected chi connectivity index (χ3v) is 3.37. The van der Waals surface area contributed by atoms with Crippen molar-refractivity contribution in [2.24, 2.45) is 0 Å². The lowest BCUT2D eigenvalue weighted by atomic mass is 10.0. The molecular formula is C13H14Cl3NO2. The average molecular weight is 323 g/mol. The molecule has 0 fully saturated rings. The highest BCUT2D eigenvalue weighted by atomic mass is 35.6. The highest BCUT2D eigenvalue weighted by molar-refractivity contribution is 6.67. The molecule has 0 atom stereocenters. The molecular weight excluding hydrogens is 309 g/mol. The van der Waals surface area contributed by atoms with Crippen LogP contribution in [0.3, 0.4) is 0 Å². The molecule has 0 saturated heterocycles. The van der Waals surface area contributed by atoms with Gasteiger partial charge in [0, 0.05) is 13.1 Å². The van der Waals surface area contributed by atoms with Gasteiger partial charge in [-0.3, -0.25) is 0 Å². The number of hydrogen-bond donors (Lipinski definition) is 0. The zero-order chi connectivity index (χ0) is 13.9. The van der Waals surface area contributed by atoms with E-state index < -0.39 is 9.89 Å². The molecule has 0 saturated carbocycles. The molecule has 0 aliphatic carbocycles. The molecule has 0 N–H and O–H groups in total. The summed E-state index contributed by atoms with van der Waals surface area (Å²) in [7, 11) is 0. The number of hydrogen-bond acceptors (Lipinski definition) is 2. The fourth-order valence-corrected chi connectivity index (χ4v) is 2.25. The highest BCUT2D eigenvalue weighted by Crippen LogP contribution is 2.26. The Labute approximate surface area is 127 Å². The third kappa shape index (κ3) is 4.44. The van der Waals surface area contributed by atoms with Crippen molar-refractivity contribution in [3.63, 3.8) is 0 Å². The van der Waals surface area contributed by atoms with E-state index in [1.54, 1.807) is 4.90 Å². The van der Waals surface area contributed by atoms with Gasteiger partial charge in [-0.1, -0.05) is 59.1 Å². The molecule has 3 nitrogen and oxygen atoms in total. The van der Waals surface area contributed by atoms with Crippen LogP contribution in [-0.2, 0) is 17.6 Å². The number of alkyl halides is 3. The summed E-state index contributed by atoms with van der Waals surface area (Å²) in [5.74, 6) is 0. The van der Waals surface area contributed by atoms with Crippen LogP contribution in [0, 0.1) is 0 Å². The summed E-state index contributed by atoms with van der Waals surface area (Å²) < 4.78 is 3.43. The predicted molar refractivity (Wildman–Crippen MR) is 77.1 cm³/mol. The van der Waals surface area contributed by atoms with E-state index >= 15 is 0 Å². The van der Waals surface area contributed by atoms with Gasteiger partial charge >= 0.3 is 6.09 Å². The van der Waals surface area contributed by atoms with Gasteiger partial charge in [0.2, 0.25) is 3.79 Å². The number of carbonyl (C=O) groups is 1. The zero-order valence-electron chi connectivity index (χ0n) is 10.2. The highest BCUT2D eigenvalue weighted by Gasteiger charge is 2.25. The van der Waals surface area contributed by atoms with Crippen LogP contribution in [0.15, 0.2) is 24.3 Å². The van der Waals surface area contributed by atoms with Crippen LogP contribution in [-0.4, -0.2) is 34.5 Å². The van der Waals surface area contributed by atoms with E-state index in [1.807, 2.05) is 12.1 Å². The van der Waals surface area contributed by atoms with Crippen LogP contribution in [0.25, 0.3) is 0 Å². The second-order valence-electron chi connectivity index (χ2n) is 4.43. The minimum Gasteiger partial charge on any atom is -0.445 e. The molecule has 0 spiro atoms. The Kier molecular flexibility index (Phi) is 4.82. The maximum absolute atomic E-state index is 11.9. The number of rotatable bonds is 1. The lowest BCUT2D eigenvalue weighted by Crippen LogP contribution is -2.35. The lowest BCUT2D eigenvalue weighted by molar-refractivity contribution is 0.106. The monoisotopic (exact) mass is 321 g/mol. The van der Waals surface area contributed by atoms with E-state index in [2.05, 4.69) is 12.1 Å². The number of nitrogens with zero attached hydrogens (tertiary/aromatic N) is 1. The number of amides is 1. The Balaban J connectivity index is 1.92. The van der Waals surface area contributed by atoms with E-state index in [0.29, 0.717) is 13.1 Å². The van der Waals surface area contributed by atoms with E-state index in [1.165, 1.54) is 11.1 Å². The topological polar surface area (TPSA) is 29.5 Å². The van der Waals surface area contributed by atoms with Crippen LogP contribution in [0.5, 0.6) is 0 Å². The van der Waals surface area contributed by atoms with Gasteiger partial charge in [-0.25, -0.2) is 4.79 Å². The fraction of sp³-hybridized carbons (Fsp3) is 0.462. The maximum Gasteiger partial charge on any atom is 0.409 e. The first-order chi connectivity index (χ1) is 8.96. The number of benzene rings is 1. The Bertz CT molecular complexity index is 432. The van der Waals surface area contributed by atoms with Gasteiger partial charge in [0.1, 0.15) is 6.61 Å². The summed E-state index contributed by atoms with van der Waals surface area (Å²) in [5, 5.41) is 0. The molecule has 1 aromatic rings. The molecule has 1 aromatic carbocycles. The van der Waals surface area contributed by atoms with E-state index in [4.69, 9.17) is 39.5 Å². The van der Waals surface area contributed by atoms with Crippen LogP contribution in [0.1, 0.15) is 11.1 Å². The smallest absolute Gasteiger partial charge is 0.409 e. The van der Waals surface area contributed by atoms with Gasteiger partial charge in [-0.05, 0) is 24.0 Å². The SMILES string of the molecule is O=C(OCC(Cl)(Cl)Cl)N1CCc2ccccc2CC1. The van der Waals surface area contributed by atoms with Crippen molar-refractivity contribution in [3.05, 3.63) is 35.4 Å². The summed E-state index contributed by atoms with van der Waals surface area (Å²) in [6.45, 7) is 1.01. The average Bonchev–Trinajstić information content (AvgIpc) is 2.57. The van der Waals surface area contributed by atoms with Gasteiger partial charge in [-0.2, -0.15) is 0 Å². The van der Waals surface area contributed by atoms with Gasteiger partial charge in [0.15, 0.2) is 0 Å². The molecule has 1 aliphatic heterocycles. The second-order valence-corrected chi connectivity index (χ2v) is 6.94. The maximum atomic E-state index is 11.9. The quantitative estimate of drug-likeness (QED) is 0.739. The molecule has 0 unspecified atom stereocenters. The second kappa shape index (κ2) is 6.21. The molecule has 1 heterocycles. The van der Waals surface area contributed by atoms with Crippen molar-refractivity contribution in [1.82, 2.24) is 4.90 Å². The Morgan fingerprint density at radius 2 is 1.68 bits per heavy atom. The summed E-state index contributed by atoms with van der Waals surface area (Å²) in [6.07, 6.45) is 1.21. The predicted octanol–water partition coefficient (Wildman–Crippen LogP) is 3.59. The van der Waals surface area contributed by atoms with E-state index in [0.717, 1.165) is 12.8 Å². The minimum absolute atomic E-state index is 0.236. The molecule has 0 aromatic heterocycles. The molecule has 1 aliphatic rings. The Morgan fingerprint density at radius 1 is 1.16 bits per heavy atom. The number of fused-ring (bicyclic) bond motifs is 1. The summed E-state index contributed by atoms with van der Waals surface area (Å²) in [6, 6.07) is 8.20. The number of carbonyl (C=O) groups excluding carboxylic acids is 1. The molecule has 19 heavy (non-hydrogen) atoms. The van der Waals surface area contributed by atoms with Crippen LogP contribution < -0.4 is 0 Å². The van der Waals surface area contributed by atoms with E-state index in [9.17, 15) is 4.79 Å². The molecule has 104 valence electrons. The van der Waals surface area contributed by atoms with Crippen molar-refractivity contribution in [2.75, 3.05) is 19.7 Å². The Morgan fingerprint density at radius 3 is 2.16 bits per heavy atom. The first-order valence-corrected chi connectivity index (χ1v) is 7.14. The molecule has 6 heteroatoms. The van der Waals surface area contributed by atoms with E-state index in [-0.39, 0.29) is 6.61 Å². The fourth-order valence-electron chi connectivity index (χ4n) is 2.09. The Hall–Kier alpha value is -0.640.